The number of anilines is 1. The Morgan fingerprint density at radius 3 is 2.79 bits per heavy atom. The molecule has 0 aliphatic rings. The second-order valence-electron chi connectivity index (χ2n) is 4.08. The van der Waals surface area contributed by atoms with Crippen LogP contribution in [0, 0.1) is 0 Å². The minimum Gasteiger partial charge on any atom is -0.385 e. The van der Waals surface area contributed by atoms with Gasteiger partial charge in [-0.1, -0.05) is 0 Å². The predicted molar refractivity (Wildman–Crippen MR) is 75.4 cm³/mol. The molecule has 0 saturated heterocycles. The minimum atomic E-state index is 0.539. The summed E-state index contributed by atoms with van der Waals surface area (Å²) in [7, 11) is 1.67. The molecule has 0 amide bonds. The fourth-order valence-corrected chi connectivity index (χ4v) is 1.56. The lowest BCUT2D eigenvalue weighted by Gasteiger charge is -2.07. The summed E-state index contributed by atoms with van der Waals surface area (Å²) in [5.74, 6) is 0. The van der Waals surface area contributed by atoms with Crippen molar-refractivity contribution in [3.8, 4) is 0 Å². The van der Waals surface area contributed by atoms with Crippen LogP contribution in [-0.4, -0.2) is 45.1 Å². The monoisotopic (exact) mass is 268 g/mol. The first kappa shape index (κ1) is 15.9. The summed E-state index contributed by atoms with van der Waals surface area (Å²) in [5.41, 5.74) is 2.03. The number of nitrogens with one attached hydrogen (secondary N) is 1. The molecule has 1 heterocycles. The van der Waals surface area contributed by atoms with Gasteiger partial charge in [-0.25, -0.2) is 0 Å². The van der Waals surface area contributed by atoms with Gasteiger partial charge in [0.05, 0.1) is 25.5 Å². The zero-order valence-corrected chi connectivity index (χ0v) is 11.9. The maximum atomic E-state index is 5.56. The topological polar surface area (TPSA) is 52.6 Å². The first-order valence-electron chi connectivity index (χ1n) is 6.70. The molecule has 108 valence electrons. The Labute approximate surface area is 115 Å². The minimum absolute atomic E-state index is 0.539. The van der Waals surface area contributed by atoms with Gasteiger partial charge in [0.25, 0.3) is 0 Å². The van der Waals surface area contributed by atoms with Gasteiger partial charge >= 0.3 is 0 Å². The maximum absolute atomic E-state index is 5.56. The molecule has 0 aliphatic carbocycles. The molecule has 5 nitrogen and oxygen atoms in total. The summed E-state index contributed by atoms with van der Waals surface area (Å²) in [6.07, 6.45) is 2.68. The second kappa shape index (κ2) is 10.7. The van der Waals surface area contributed by atoms with Gasteiger partial charge in [0.15, 0.2) is 0 Å². The van der Waals surface area contributed by atoms with E-state index in [-0.39, 0.29) is 0 Å². The van der Waals surface area contributed by atoms with E-state index < -0.39 is 0 Å². The highest BCUT2D eigenvalue weighted by Crippen LogP contribution is 2.08. The molecule has 0 bridgehead atoms. The molecule has 1 rings (SSSR count). The van der Waals surface area contributed by atoms with E-state index >= 15 is 0 Å². The van der Waals surface area contributed by atoms with Crippen molar-refractivity contribution in [2.24, 2.45) is 0 Å². The molecule has 0 aromatic carbocycles. The van der Waals surface area contributed by atoms with Crippen molar-refractivity contribution < 1.29 is 14.2 Å². The largest absolute Gasteiger partial charge is 0.385 e. The van der Waals surface area contributed by atoms with E-state index in [1.807, 2.05) is 12.1 Å². The molecule has 1 aromatic heterocycles. The molecule has 19 heavy (non-hydrogen) atoms. The smallest absolute Gasteiger partial charge is 0.0888 e. The third-order valence-electron chi connectivity index (χ3n) is 2.46. The van der Waals surface area contributed by atoms with Crippen LogP contribution in [-0.2, 0) is 20.8 Å². The van der Waals surface area contributed by atoms with E-state index in [9.17, 15) is 0 Å². The van der Waals surface area contributed by atoms with Crippen LogP contribution in [0.15, 0.2) is 18.3 Å². The van der Waals surface area contributed by atoms with Crippen LogP contribution >= 0.6 is 0 Å². The van der Waals surface area contributed by atoms with Gasteiger partial charge in [0, 0.05) is 38.8 Å². The molecular formula is C14H24N2O3. The number of aromatic nitrogens is 1. The van der Waals surface area contributed by atoms with Gasteiger partial charge in [-0.3, -0.25) is 4.98 Å². The maximum Gasteiger partial charge on any atom is 0.0888 e. The van der Waals surface area contributed by atoms with Crippen molar-refractivity contribution in [3.63, 3.8) is 0 Å². The lowest BCUT2D eigenvalue weighted by Crippen LogP contribution is -2.06. The van der Waals surface area contributed by atoms with Crippen molar-refractivity contribution in [2.45, 2.75) is 20.0 Å². The Balaban J connectivity index is 2.07. The Bertz CT molecular complexity index is 334. The third kappa shape index (κ3) is 7.77. The van der Waals surface area contributed by atoms with E-state index in [1.165, 1.54) is 0 Å². The molecule has 0 unspecified atom stereocenters. The molecule has 5 heteroatoms. The van der Waals surface area contributed by atoms with Crippen molar-refractivity contribution in [3.05, 3.63) is 24.0 Å². The fourth-order valence-electron chi connectivity index (χ4n) is 1.56. The molecular weight excluding hydrogens is 244 g/mol. The number of nitrogens with zero attached hydrogens (tertiary/aromatic N) is 1. The van der Waals surface area contributed by atoms with E-state index in [4.69, 9.17) is 14.2 Å². The van der Waals surface area contributed by atoms with E-state index in [0.29, 0.717) is 33.0 Å². The fraction of sp³-hybridized carbons (Fsp3) is 0.643. The zero-order chi connectivity index (χ0) is 13.8. The predicted octanol–water partition coefficient (Wildman–Crippen LogP) is 2.08. The summed E-state index contributed by atoms with van der Waals surface area (Å²) in [4.78, 5) is 4.27. The average Bonchev–Trinajstić information content (AvgIpc) is 2.43. The lowest BCUT2D eigenvalue weighted by molar-refractivity contribution is 0.0478. The Morgan fingerprint density at radius 2 is 2.00 bits per heavy atom. The quantitative estimate of drug-likeness (QED) is 0.623. The van der Waals surface area contributed by atoms with Crippen LogP contribution in [0.25, 0.3) is 0 Å². The van der Waals surface area contributed by atoms with Crippen molar-refractivity contribution >= 4 is 5.69 Å². The highest BCUT2D eigenvalue weighted by atomic mass is 16.5. The normalized spacial score (nSPS) is 10.6. The number of pyridine rings is 1. The molecule has 0 fully saturated rings. The van der Waals surface area contributed by atoms with Crippen LogP contribution in [0.2, 0.25) is 0 Å². The molecule has 0 atom stereocenters. The molecule has 0 spiro atoms. The zero-order valence-electron chi connectivity index (χ0n) is 11.9. The summed E-state index contributed by atoms with van der Waals surface area (Å²) in [5, 5.41) is 3.25. The summed E-state index contributed by atoms with van der Waals surface area (Å²) in [6.45, 7) is 6.18. The average molecular weight is 268 g/mol. The van der Waals surface area contributed by atoms with Crippen LogP contribution in [0.1, 0.15) is 19.0 Å². The molecule has 0 radical (unpaired) electrons. The van der Waals surface area contributed by atoms with Gasteiger partial charge in [0.1, 0.15) is 0 Å². The number of hydrogen-bond acceptors (Lipinski definition) is 5. The van der Waals surface area contributed by atoms with Gasteiger partial charge in [0.2, 0.25) is 0 Å². The van der Waals surface area contributed by atoms with E-state index in [2.05, 4.69) is 17.2 Å². The van der Waals surface area contributed by atoms with Crippen LogP contribution < -0.4 is 5.32 Å². The summed E-state index contributed by atoms with van der Waals surface area (Å²) in [6, 6.07) is 3.97. The molecule has 0 aliphatic heterocycles. The number of hydrogen-bond donors (Lipinski definition) is 1. The Morgan fingerprint density at radius 1 is 1.16 bits per heavy atom. The highest BCUT2D eigenvalue weighted by Gasteiger charge is 1.97. The summed E-state index contributed by atoms with van der Waals surface area (Å²) < 4.78 is 15.8. The van der Waals surface area contributed by atoms with Crippen LogP contribution in [0.4, 0.5) is 5.69 Å². The molecule has 0 saturated carbocycles. The lowest BCUT2D eigenvalue weighted by atomic mass is 10.3. The third-order valence-corrected chi connectivity index (χ3v) is 2.46. The number of methoxy groups -OCH3 is 1. The first-order valence-corrected chi connectivity index (χ1v) is 6.70. The van der Waals surface area contributed by atoms with Crippen molar-refractivity contribution in [1.82, 2.24) is 4.98 Å². The summed E-state index contributed by atoms with van der Waals surface area (Å²) >= 11 is 0. The van der Waals surface area contributed by atoms with E-state index in [1.54, 1.807) is 13.3 Å². The van der Waals surface area contributed by atoms with Crippen molar-refractivity contribution in [2.75, 3.05) is 45.4 Å². The highest BCUT2D eigenvalue weighted by molar-refractivity contribution is 5.42. The second-order valence-corrected chi connectivity index (χ2v) is 4.08. The Kier molecular flexibility index (Phi) is 8.97. The number of ether oxygens (including phenoxy) is 3. The van der Waals surface area contributed by atoms with Crippen LogP contribution in [0.5, 0.6) is 0 Å². The van der Waals surface area contributed by atoms with Gasteiger partial charge < -0.3 is 19.5 Å². The van der Waals surface area contributed by atoms with Crippen LogP contribution in [0.3, 0.4) is 0 Å². The molecule has 1 N–H and O–H groups in total. The molecule has 1 aromatic rings. The van der Waals surface area contributed by atoms with Crippen molar-refractivity contribution in [1.29, 1.82) is 0 Å². The Hall–Kier alpha value is -1.17. The standard InChI is InChI=1S/C14H24N2O3/c1-3-15-13-5-6-16-14(11-13)12-19-8-4-7-18-10-9-17-2/h5-6,11H,3-4,7-10,12H2,1-2H3,(H,15,16). The van der Waals surface area contributed by atoms with Gasteiger partial charge in [-0.15, -0.1) is 0 Å². The SMILES string of the molecule is CCNc1ccnc(COCCCOCCOC)c1. The van der Waals surface area contributed by atoms with Gasteiger partial charge in [-0.2, -0.15) is 0 Å². The first-order chi connectivity index (χ1) is 9.36. The van der Waals surface area contributed by atoms with E-state index in [0.717, 1.165) is 24.3 Å². The number of rotatable bonds is 11. The van der Waals surface area contributed by atoms with Gasteiger partial charge in [-0.05, 0) is 25.5 Å².